The summed E-state index contributed by atoms with van der Waals surface area (Å²) < 4.78 is 0. The molecule has 0 heterocycles. The molecule has 106 valence electrons. The highest BCUT2D eigenvalue weighted by Gasteiger charge is 2.23. The largest absolute Gasteiger partial charge is 0.388 e. The number of benzene rings is 1. The van der Waals surface area contributed by atoms with Crippen LogP contribution >= 0.6 is 0 Å². The first-order chi connectivity index (χ1) is 9.31. The van der Waals surface area contributed by atoms with Crippen molar-refractivity contribution in [3.8, 4) is 0 Å². The van der Waals surface area contributed by atoms with Gasteiger partial charge < -0.3 is 5.11 Å². The van der Waals surface area contributed by atoms with Gasteiger partial charge in [-0.15, -0.1) is 0 Å². The first kappa shape index (κ1) is 14.6. The zero-order valence-electron chi connectivity index (χ0n) is 12.3. The molecule has 0 saturated heterocycles. The van der Waals surface area contributed by atoms with E-state index in [4.69, 9.17) is 0 Å². The third kappa shape index (κ3) is 4.99. The van der Waals surface area contributed by atoms with Crippen LogP contribution in [0.3, 0.4) is 0 Å². The molecular weight excluding hydrogens is 232 g/mol. The van der Waals surface area contributed by atoms with Crippen molar-refractivity contribution in [2.45, 2.75) is 76.7 Å². The maximum atomic E-state index is 10.2. The van der Waals surface area contributed by atoms with E-state index in [1.54, 1.807) is 0 Å². The van der Waals surface area contributed by atoms with Crippen molar-refractivity contribution in [2.24, 2.45) is 0 Å². The van der Waals surface area contributed by atoms with E-state index >= 15 is 0 Å². The number of hydrogen-bond acceptors (Lipinski definition) is 1. The summed E-state index contributed by atoms with van der Waals surface area (Å²) in [5.41, 5.74) is 2.55. The third-order valence-electron chi connectivity index (χ3n) is 4.20. The van der Waals surface area contributed by atoms with Gasteiger partial charge in [0.25, 0.3) is 0 Å². The molecule has 1 nitrogen and oxygen atoms in total. The van der Waals surface area contributed by atoms with E-state index in [-0.39, 0.29) is 6.10 Å². The minimum atomic E-state index is -0.264. The van der Waals surface area contributed by atoms with Crippen LogP contribution < -0.4 is 0 Å². The second-order valence-electron chi connectivity index (χ2n) is 6.01. The molecule has 1 N–H and O–H groups in total. The van der Waals surface area contributed by atoms with Crippen molar-refractivity contribution < 1.29 is 5.11 Å². The Labute approximate surface area is 118 Å². The Balaban J connectivity index is 1.65. The summed E-state index contributed by atoms with van der Waals surface area (Å²) in [6.07, 6.45) is 11.1. The van der Waals surface area contributed by atoms with Crippen LogP contribution in [0.1, 0.15) is 87.9 Å². The smallest absolute Gasteiger partial charge is 0.0790 e. The Bertz CT molecular complexity index is 350. The second kappa shape index (κ2) is 7.69. The fourth-order valence-corrected chi connectivity index (χ4v) is 2.69. The molecule has 0 amide bonds. The number of rotatable bonds is 9. The van der Waals surface area contributed by atoms with Gasteiger partial charge in [0.05, 0.1) is 6.10 Å². The molecule has 19 heavy (non-hydrogen) atoms. The van der Waals surface area contributed by atoms with E-state index in [1.165, 1.54) is 50.5 Å². The normalized spacial score (nSPS) is 16.5. The molecular formula is C18H28O. The summed E-state index contributed by atoms with van der Waals surface area (Å²) in [5, 5.41) is 10.2. The molecule has 1 saturated carbocycles. The fraction of sp³-hybridized carbons (Fsp3) is 0.667. The fourth-order valence-electron chi connectivity index (χ4n) is 2.69. The van der Waals surface area contributed by atoms with Crippen molar-refractivity contribution in [1.29, 1.82) is 0 Å². The van der Waals surface area contributed by atoms with Gasteiger partial charge in [-0.25, -0.2) is 0 Å². The van der Waals surface area contributed by atoms with Gasteiger partial charge in [-0.3, -0.25) is 0 Å². The van der Waals surface area contributed by atoms with Gasteiger partial charge in [0.2, 0.25) is 0 Å². The molecule has 0 spiro atoms. The number of unbranched alkanes of at least 4 members (excludes halogenated alkanes) is 5. The Hall–Kier alpha value is -0.820. The summed E-state index contributed by atoms with van der Waals surface area (Å²) in [5.74, 6) is 0.810. The molecule has 0 radical (unpaired) electrons. The Morgan fingerprint density at radius 1 is 1.00 bits per heavy atom. The van der Waals surface area contributed by atoms with Crippen LogP contribution in [0, 0.1) is 0 Å². The molecule has 1 fully saturated rings. The van der Waals surface area contributed by atoms with E-state index in [9.17, 15) is 5.11 Å². The van der Waals surface area contributed by atoms with Crippen molar-refractivity contribution in [3.63, 3.8) is 0 Å². The van der Waals surface area contributed by atoms with Crippen LogP contribution in [0.4, 0.5) is 0 Å². The zero-order chi connectivity index (χ0) is 13.5. The van der Waals surface area contributed by atoms with Crippen LogP contribution in [0.2, 0.25) is 0 Å². The lowest BCUT2D eigenvalue weighted by Gasteiger charge is -2.11. The Morgan fingerprint density at radius 3 is 2.26 bits per heavy atom. The quantitative estimate of drug-likeness (QED) is 0.593. The number of hydrogen-bond donors (Lipinski definition) is 1. The second-order valence-corrected chi connectivity index (χ2v) is 6.01. The molecule has 1 aliphatic rings. The van der Waals surface area contributed by atoms with E-state index in [2.05, 4.69) is 31.2 Å². The van der Waals surface area contributed by atoms with E-state index in [0.717, 1.165) is 24.3 Å². The SMILES string of the molecule is CCCCCCCCC(O)c1ccc(C2CC2)cc1. The zero-order valence-corrected chi connectivity index (χ0v) is 12.3. The molecule has 1 aromatic rings. The maximum absolute atomic E-state index is 10.2. The van der Waals surface area contributed by atoms with Gasteiger partial charge >= 0.3 is 0 Å². The molecule has 0 bridgehead atoms. The van der Waals surface area contributed by atoms with Gasteiger partial charge in [0.15, 0.2) is 0 Å². The summed E-state index contributed by atoms with van der Waals surface area (Å²) in [6.45, 7) is 2.25. The van der Waals surface area contributed by atoms with E-state index in [1.807, 2.05) is 0 Å². The maximum Gasteiger partial charge on any atom is 0.0790 e. The van der Waals surface area contributed by atoms with Crippen LogP contribution in [0.5, 0.6) is 0 Å². The predicted molar refractivity (Wildman–Crippen MR) is 81.4 cm³/mol. The molecule has 1 aliphatic carbocycles. The minimum absolute atomic E-state index is 0.264. The molecule has 0 aromatic heterocycles. The summed E-state index contributed by atoms with van der Waals surface area (Å²) >= 11 is 0. The van der Waals surface area contributed by atoms with E-state index in [0.29, 0.717) is 0 Å². The van der Waals surface area contributed by atoms with Crippen molar-refractivity contribution >= 4 is 0 Å². The van der Waals surface area contributed by atoms with Crippen LogP contribution in [-0.2, 0) is 0 Å². The lowest BCUT2D eigenvalue weighted by molar-refractivity contribution is 0.163. The topological polar surface area (TPSA) is 20.2 Å². The standard InChI is InChI=1S/C18H28O/c1-2-3-4-5-6-7-8-18(19)17-13-11-16(12-14-17)15-9-10-15/h11-15,18-19H,2-10H2,1H3. The average molecular weight is 260 g/mol. The van der Waals surface area contributed by atoms with Gasteiger partial charge in [-0.05, 0) is 36.3 Å². The minimum Gasteiger partial charge on any atom is -0.388 e. The van der Waals surface area contributed by atoms with Crippen LogP contribution in [0.25, 0.3) is 0 Å². The highest BCUT2D eigenvalue weighted by molar-refractivity contribution is 5.29. The van der Waals surface area contributed by atoms with Gasteiger partial charge in [-0.2, -0.15) is 0 Å². The van der Waals surface area contributed by atoms with Crippen LogP contribution in [-0.4, -0.2) is 5.11 Å². The summed E-state index contributed by atoms with van der Waals surface area (Å²) in [6, 6.07) is 8.65. The highest BCUT2D eigenvalue weighted by atomic mass is 16.3. The monoisotopic (exact) mass is 260 g/mol. The van der Waals surface area contributed by atoms with Crippen molar-refractivity contribution in [1.82, 2.24) is 0 Å². The van der Waals surface area contributed by atoms with Crippen molar-refractivity contribution in [2.75, 3.05) is 0 Å². The lowest BCUT2D eigenvalue weighted by atomic mass is 10.00. The molecule has 1 atom stereocenters. The molecule has 0 aliphatic heterocycles. The average Bonchev–Trinajstić information content (AvgIpc) is 3.27. The van der Waals surface area contributed by atoms with Crippen molar-refractivity contribution in [3.05, 3.63) is 35.4 Å². The van der Waals surface area contributed by atoms with Gasteiger partial charge in [-0.1, -0.05) is 69.7 Å². The predicted octanol–water partition coefficient (Wildman–Crippen LogP) is 5.35. The number of aliphatic hydroxyl groups is 1. The highest BCUT2D eigenvalue weighted by Crippen LogP contribution is 2.40. The van der Waals surface area contributed by atoms with E-state index < -0.39 is 0 Å². The Kier molecular flexibility index (Phi) is 5.91. The summed E-state index contributed by atoms with van der Waals surface area (Å²) in [4.78, 5) is 0. The van der Waals surface area contributed by atoms with Gasteiger partial charge in [0, 0.05) is 0 Å². The summed E-state index contributed by atoms with van der Waals surface area (Å²) in [7, 11) is 0. The third-order valence-corrected chi connectivity index (χ3v) is 4.20. The molecule has 1 heteroatoms. The first-order valence-corrected chi connectivity index (χ1v) is 8.09. The molecule has 2 rings (SSSR count). The molecule has 1 unspecified atom stereocenters. The first-order valence-electron chi connectivity index (χ1n) is 8.09. The Morgan fingerprint density at radius 2 is 1.63 bits per heavy atom. The molecule has 1 aromatic carbocycles. The number of aliphatic hydroxyl groups excluding tert-OH is 1. The van der Waals surface area contributed by atoms with Gasteiger partial charge in [0.1, 0.15) is 0 Å². The lowest BCUT2D eigenvalue weighted by Crippen LogP contribution is -1.97. The van der Waals surface area contributed by atoms with Crippen LogP contribution in [0.15, 0.2) is 24.3 Å².